The first-order chi connectivity index (χ1) is 31.4. The maximum Gasteiger partial charge on any atom is 0.419 e. The SMILES string of the molecule is CC(C)(O)CN=C/C(=C\N)c1nc(NC2CCN(S(=O)(=O)NC3CCC(CN4CCC(OCC#Cc5cccc6c5CN(C5CCC(=O)NC5=O)C6=O)CC4)CC3)CC2)ncc1C(F)(F)F. The minimum absolute atomic E-state index is 0.0554. The molecule has 5 heterocycles. The Morgan fingerprint density at radius 1 is 1.03 bits per heavy atom. The molecule has 1 aromatic heterocycles. The molecule has 0 radical (unpaired) electrons. The van der Waals surface area contributed by atoms with E-state index in [0.29, 0.717) is 36.9 Å². The number of piperidine rings is 3. The van der Waals surface area contributed by atoms with Crippen LogP contribution in [-0.2, 0) is 37.3 Å². The number of ether oxygens (including phenoxy) is 1. The number of amides is 3. The summed E-state index contributed by atoms with van der Waals surface area (Å²) in [4.78, 5) is 53.2. The van der Waals surface area contributed by atoms with Crippen LogP contribution in [0.4, 0.5) is 19.1 Å². The molecule has 3 amide bonds. The van der Waals surface area contributed by atoms with Gasteiger partial charge in [0.05, 0.1) is 23.9 Å². The Balaban J connectivity index is 0.804. The van der Waals surface area contributed by atoms with E-state index in [4.69, 9.17) is 10.5 Å². The van der Waals surface area contributed by atoms with Crippen LogP contribution in [-0.4, -0.2) is 137 Å². The van der Waals surface area contributed by atoms with Gasteiger partial charge in [0.1, 0.15) is 18.2 Å². The molecule has 1 unspecified atom stereocenters. The third kappa shape index (κ3) is 12.5. The number of nitrogens with two attached hydrogens (primary N) is 1. The van der Waals surface area contributed by atoms with Gasteiger partial charge >= 0.3 is 6.18 Å². The zero-order valence-electron chi connectivity index (χ0n) is 37.3. The van der Waals surface area contributed by atoms with Gasteiger partial charge in [-0.25, -0.2) is 9.97 Å². The van der Waals surface area contributed by atoms with Gasteiger partial charge in [-0.2, -0.15) is 30.6 Å². The molecule has 5 aliphatic rings. The molecule has 0 spiro atoms. The molecule has 17 nitrogen and oxygen atoms in total. The van der Waals surface area contributed by atoms with E-state index in [9.17, 15) is 41.1 Å². The van der Waals surface area contributed by atoms with Crippen LogP contribution in [0.3, 0.4) is 0 Å². The molecule has 358 valence electrons. The number of halogens is 3. The Labute approximate surface area is 383 Å². The van der Waals surface area contributed by atoms with Crippen LogP contribution < -0.4 is 21.1 Å². The molecular weight excluding hydrogens is 882 g/mol. The number of hydrogen-bond donors (Lipinski definition) is 5. The van der Waals surface area contributed by atoms with E-state index in [2.05, 4.69) is 47.1 Å². The van der Waals surface area contributed by atoms with Crippen molar-refractivity contribution < 1.29 is 45.8 Å². The molecule has 2 aromatic rings. The van der Waals surface area contributed by atoms with Crippen LogP contribution in [0.2, 0.25) is 0 Å². The molecule has 66 heavy (non-hydrogen) atoms. The number of imide groups is 1. The molecule has 1 atom stereocenters. The molecule has 21 heteroatoms. The number of nitrogens with zero attached hydrogens (tertiary/aromatic N) is 6. The normalized spacial score (nSPS) is 23.5. The fourth-order valence-electron chi connectivity index (χ4n) is 9.22. The number of benzene rings is 1. The second-order valence-corrected chi connectivity index (χ2v) is 20.1. The molecule has 1 aliphatic carbocycles. The van der Waals surface area contributed by atoms with Crippen LogP contribution in [0.1, 0.15) is 111 Å². The molecule has 4 aliphatic heterocycles. The number of aliphatic hydroxyl groups is 1. The van der Waals surface area contributed by atoms with Gasteiger partial charge in [-0.3, -0.25) is 24.7 Å². The Morgan fingerprint density at radius 3 is 2.42 bits per heavy atom. The van der Waals surface area contributed by atoms with E-state index < -0.39 is 45.2 Å². The van der Waals surface area contributed by atoms with E-state index in [0.717, 1.165) is 81.7 Å². The second kappa shape index (κ2) is 20.9. The molecule has 6 N–H and O–H groups in total. The molecule has 1 saturated carbocycles. The van der Waals surface area contributed by atoms with Crippen LogP contribution in [0.25, 0.3) is 5.57 Å². The summed E-state index contributed by atoms with van der Waals surface area (Å²) in [5.74, 6) is 5.68. The second-order valence-electron chi connectivity index (χ2n) is 18.4. The summed E-state index contributed by atoms with van der Waals surface area (Å²) in [5.41, 5.74) is 4.87. The number of allylic oxidation sites excluding steroid dienone is 1. The number of fused-ring (bicyclic) bond motifs is 1. The van der Waals surface area contributed by atoms with Gasteiger partial charge in [0.15, 0.2) is 0 Å². The number of rotatable bonds is 14. The first-order valence-electron chi connectivity index (χ1n) is 22.6. The quantitative estimate of drug-likeness (QED) is 0.105. The fraction of sp³-hybridized carbons (Fsp3) is 0.600. The Morgan fingerprint density at radius 2 is 1.76 bits per heavy atom. The van der Waals surface area contributed by atoms with Crippen molar-refractivity contribution in [3.63, 3.8) is 0 Å². The Bertz CT molecular complexity index is 2340. The van der Waals surface area contributed by atoms with E-state index in [1.54, 1.807) is 12.1 Å². The van der Waals surface area contributed by atoms with Crippen LogP contribution in [0.15, 0.2) is 35.6 Å². The minimum Gasteiger partial charge on any atom is -0.404 e. The summed E-state index contributed by atoms with van der Waals surface area (Å²) in [7, 11) is -3.76. The Hall–Kier alpha value is -4.98. The van der Waals surface area contributed by atoms with Gasteiger partial charge in [-0.05, 0) is 95.2 Å². The van der Waals surface area contributed by atoms with Crippen molar-refractivity contribution in [3.8, 4) is 11.8 Å². The lowest BCUT2D eigenvalue weighted by atomic mass is 9.86. The molecule has 0 bridgehead atoms. The lowest BCUT2D eigenvalue weighted by molar-refractivity contribution is -0.138. The van der Waals surface area contributed by atoms with Crippen molar-refractivity contribution >= 4 is 45.7 Å². The van der Waals surface area contributed by atoms with Crippen molar-refractivity contribution in [2.45, 2.75) is 121 Å². The van der Waals surface area contributed by atoms with Crippen molar-refractivity contribution in [2.24, 2.45) is 16.6 Å². The first-order valence-corrected chi connectivity index (χ1v) is 24.0. The highest BCUT2D eigenvalue weighted by Gasteiger charge is 2.40. The summed E-state index contributed by atoms with van der Waals surface area (Å²) in [6, 6.07) is 4.25. The summed E-state index contributed by atoms with van der Waals surface area (Å²) in [6.45, 7) is 6.65. The van der Waals surface area contributed by atoms with Crippen LogP contribution in [0.5, 0.6) is 0 Å². The van der Waals surface area contributed by atoms with Crippen molar-refractivity contribution in [1.29, 1.82) is 0 Å². The number of carbonyl (C=O) groups is 3. The number of nitrogens with one attached hydrogen (secondary N) is 3. The molecular formula is C45H59F3N10O7S. The topological polar surface area (TPSA) is 225 Å². The molecule has 3 saturated heterocycles. The number of carbonyl (C=O) groups excluding carboxylic acids is 3. The fourth-order valence-corrected chi connectivity index (χ4v) is 10.7. The third-order valence-corrected chi connectivity index (χ3v) is 14.5. The average Bonchev–Trinajstić information content (AvgIpc) is 3.60. The summed E-state index contributed by atoms with van der Waals surface area (Å²) in [6.07, 6.45) is 4.44. The first kappa shape index (κ1) is 48.9. The predicted octanol–water partition coefficient (Wildman–Crippen LogP) is 3.20. The van der Waals surface area contributed by atoms with Crippen molar-refractivity contribution in [1.82, 2.24) is 34.1 Å². The van der Waals surface area contributed by atoms with E-state index in [-0.39, 0.29) is 80.7 Å². The monoisotopic (exact) mass is 940 g/mol. The molecule has 4 fully saturated rings. The van der Waals surface area contributed by atoms with Gasteiger partial charge in [-0.15, -0.1) is 0 Å². The van der Waals surface area contributed by atoms with E-state index >= 15 is 0 Å². The van der Waals surface area contributed by atoms with Gasteiger partial charge in [0.25, 0.3) is 16.1 Å². The predicted molar refractivity (Wildman–Crippen MR) is 240 cm³/mol. The smallest absolute Gasteiger partial charge is 0.404 e. The highest BCUT2D eigenvalue weighted by atomic mass is 32.2. The number of aliphatic imine (C=N–C) groups is 1. The molecule has 1 aromatic carbocycles. The summed E-state index contributed by atoms with van der Waals surface area (Å²) < 4.78 is 79.1. The molecule has 7 rings (SSSR count). The number of alkyl halides is 3. The number of likely N-dealkylation sites (tertiary alicyclic amines) is 1. The standard InChI is InChI=1S/C45H59F3N10O7S/c1-44(2,62)28-50-24-31(23-49)40-37(45(46,47)48)25-51-43(54-40)52-32-14-20-57(21-15-32)66(63,64)55-33-10-8-29(9-11-33)26-56-18-16-34(17-19-56)65-22-4-6-30-5-3-7-35-36(30)27-58(42(35)61)38-12-13-39(59)53-41(38)60/h3,5,7,23-25,29,32-34,38,55,62H,8-22,26-28,49H2,1-2H3,(H,51,52,54)(H,53,59,60)/b31-23+,50-24?. The van der Waals surface area contributed by atoms with Gasteiger partial charge in [0.2, 0.25) is 17.8 Å². The lowest BCUT2D eigenvalue weighted by Crippen LogP contribution is -2.52. The van der Waals surface area contributed by atoms with Crippen LogP contribution in [0, 0.1) is 17.8 Å². The summed E-state index contributed by atoms with van der Waals surface area (Å²) >= 11 is 0. The van der Waals surface area contributed by atoms with E-state index in [1.807, 2.05) is 6.07 Å². The zero-order chi connectivity index (χ0) is 47.2. The zero-order valence-corrected chi connectivity index (χ0v) is 38.1. The highest BCUT2D eigenvalue weighted by Crippen LogP contribution is 2.35. The minimum atomic E-state index is -4.77. The maximum atomic E-state index is 13.9. The van der Waals surface area contributed by atoms with Gasteiger partial charge in [-0.1, -0.05) is 17.9 Å². The lowest BCUT2D eigenvalue weighted by Gasteiger charge is -2.37. The van der Waals surface area contributed by atoms with Crippen LogP contribution >= 0.6 is 0 Å². The average molecular weight is 941 g/mol. The number of anilines is 1. The number of aromatic nitrogens is 2. The largest absolute Gasteiger partial charge is 0.419 e. The third-order valence-electron chi connectivity index (χ3n) is 12.8. The van der Waals surface area contributed by atoms with Gasteiger partial charge in [0, 0.05) is 93.1 Å². The Kier molecular flexibility index (Phi) is 15.5. The summed E-state index contributed by atoms with van der Waals surface area (Å²) in [5, 5.41) is 15.3. The maximum absolute atomic E-state index is 13.9. The highest BCUT2D eigenvalue weighted by molar-refractivity contribution is 7.87. The van der Waals surface area contributed by atoms with Crippen molar-refractivity contribution in [2.75, 3.05) is 51.2 Å². The van der Waals surface area contributed by atoms with Crippen molar-refractivity contribution in [3.05, 3.63) is 58.5 Å². The van der Waals surface area contributed by atoms with E-state index in [1.165, 1.54) is 23.1 Å². The van der Waals surface area contributed by atoms with Gasteiger partial charge < -0.3 is 30.7 Å². The number of hydrogen-bond acceptors (Lipinski definition) is 13.